The van der Waals surface area contributed by atoms with Gasteiger partial charge in [0.15, 0.2) is 0 Å². The number of hydrogen-bond acceptors (Lipinski definition) is 4. The molecule has 1 aliphatic heterocycles. The Bertz CT molecular complexity index is 755. The van der Waals surface area contributed by atoms with Crippen LogP contribution in [0.4, 0.5) is 29.5 Å². The molecule has 1 saturated heterocycles. The van der Waals surface area contributed by atoms with Gasteiger partial charge in [0, 0.05) is 31.9 Å². The average molecular weight is 366 g/mol. The van der Waals surface area contributed by atoms with Crippen molar-refractivity contribution in [2.45, 2.75) is 6.18 Å². The molecule has 0 saturated carbocycles. The molecule has 0 radical (unpaired) electrons. The van der Waals surface area contributed by atoms with Gasteiger partial charge in [-0.1, -0.05) is 0 Å². The summed E-state index contributed by atoms with van der Waals surface area (Å²) in [4.78, 5) is 19.7. The second-order valence-electron chi connectivity index (χ2n) is 5.85. The summed E-state index contributed by atoms with van der Waals surface area (Å²) in [7, 11) is 0. The van der Waals surface area contributed by atoms with Gasteiger partial charge in [0.1, 0.15) is 11.6 Å². The highest BCUT2D eigenvalue weighted by atomic mass is 19.4. The molecule has 26 heavy (non-hydrogen) atoms. The van der Waals surface area contributed by atoms with E-state index in [1.165, 1.54) is 30.5 Å². The average Bonchev–Trinajstić information content (AvgIpc) is 2.63. The molecule has 1 aromatic heterocycles. The Hall–Kier alpha value is -2.97. The molecule has 0 unspecified atom stereocenters. The first kappa shape index (κ1) is 17.8. The van der Waals surface area contributed by atoms with E-state index >= 15 is 0 Å². The minimum absolute atomic E-state index is 0.00755. The zero-order valence-corrected chi connectivity index (χ0v) is 13.7. The highest BCUT2D eigenvalue weighted by Gasteiger charge is 2.30. The third-order valence-electron chi connectivity index (χ3n) is 4.11. The fourth-order valence-corrected chi connectivity index (χ4v) is 2.68. The smallest absolute Gasteiger partial charge is 0.416 e. The van der Waals surface area contributed by atoms with Crippen LogP contribution < -0.4 is 10.2 Å². The van der Waals surface area contributed by atoms with E-state index in [4.69, 9.17) is 0 Å². The summed E-state index contributed by atoms with van der Waals surface area (Å²) in [5.41, 5.74) is 0.0129. The Kier molecular flexibility index (Phi) is 4.88. The molecule has 0 bridgehead atoms. The Morgan fingerprint density at radius 2 is 1.69 bits per heavy atom. The summed E-state index contributed by atoms with van der Waals surface area (Å²) in [6.45, 7) is 1.90. The van der Waals surface area contributed by atoms with Crippen molar-refractivity contribution in [1.29, 1.82) is 0 Å². The summed E-state index contributed by atoms with van der Waals surface area (Å²) in [5, 5.41) is 11.8. The van der Waals surface area contributed by atoms with E-state index in [1.807, 2.05) is 4.90 Å². The van der Waals surface area contributed by atoms with Gasteiger partial charge in [0.25, 0.3) is 0 Å². The van der Waals surface area contributed by atoms with Gasteiger partial charge in [0.05, 0.1) is 11.8 Å². The molecule has 6 nitrogen and oxygen atoms in total. The predicted octanol–water partition coefficient (Wildman–Crippen LogP) is 3.16. The first-order valence-corrected chi connectivity index (χ1v) is 7.96. The zero-order chi connectivity index (χ0) is 18.7. The van der Waals surface area contributed by atoms with Gasteiger partial charge < -0.3 is 14.9 Å². The van der Waals surface area contributed by atoms with E-state index in [0.29, 0.717) is 37.7 Å². The fourth-order valence-electron chi connectivity index (χ4n) is 2.68. The van der Waals surface area contributed by atoms with E-state index in [1.54, 1.807) is 4.90 Å². The number of piperazine rings is 1. The quantitative estimate of drug-likeness (QED) is 0.857. The molecule has 9 heteroatoms. The molecule has 1 aliphatic rings. The van der Waals surface area contributed by atoms with Crippen molar-refractivity contribution in [2.24, 2.45) is 0 Å². The third kappa shape index (κ3) is 4.16. The standard InChI is InChI=1S/C17H17F3N4O2/c18-17(19,20)12-1-3-13(4-2-12)23-7-9-24(10-8-23)16(26)22-15-6-5-14(25)11-21-15/h1-6,11,25H,7-10H2,(H,21,22,26). The molecule has 138 valence electrons. The van der Waals surface area contributed by atoms with Crippen LogP contribution >= 0.6 is 0 Å². The second kappa shape index (κ2) is 7.11. The molecule has 0 spiro atoms. The summed E-state index contributed by atoms with van der Waals surface area (Å²) in [6.07, 6.45) is -3.12. The number of nitrogens with zero attached hydrogens (tertiary/aromatic N) is 3. The van der Waals surface area contributed by atoms with Crippen LogP contribution in [0.3, 0.4) is 0 Å². The number of carbonyl (C=O) groups is 1. The van der Waals surface area contributed by atoms with Gasteiger partial charge in [-0.25, -0.2) is 9.78 Å². The van der Waals surface area contributed by atoms with Gasteiger partial charge in [-0.15, -0.1) is 0 Å². The fraction of sp³-hybridized carbons (Fsp3) is 0.294. The van der Waals surface area contributed by atoms with Crippen LogP contribution in [0.1, 0.15) is 5.56 Å². The summed E-state index contributed by atoms with van der Waals surface area (Å²) in [5.74, 6) is 0.339. The number of nitrogens with one attached hydrogen (secondary N) is 1. The third-order valence-corrected chi connectivity index (χ3v) is 4.11. The van der Waals surface area contributed by atoms with Crippen LogP contribution in [0.2, 0.25) is 0 Å². The maximum atomic E-state index is 12.6. The SMILES string of the molecule is O=C(Nc1ccc(O)cn1)N1CCN(c2ccc(C(F)(F)F)cc2)CC1. The number of amides is 2. The van der Waals surface area contributed by atoms with Crippen molar-refractivity contribution < 1.29 is 23.1 Å². The van der Waals surface area contributed by atoms with Gasteiger partial charge in [0.2, 0.25) is 0 Å². The van der Waals surface area contributed by atoms with Crippen molar-refractivity contribution in [1.82, 2.24) is 9.88 Å². The first-order chi connectivity index (χ1) is 12.3. The van der Waals surface area contributed by atoms with Gasteiger partial charge in [-0.05, 0) is 36.4 Å². The van der Waals surface area contributed by atoms with Crippen molar-refractivity contribution in [3.8, 4) is 5.75 Å². The lowest BCUT2D eigenvalue weighted by atomic mass is 10.1. The number of anilines is 2. The maximum Gasteiger partial charge on any atom is 0.416 e. The van der Waals surface area contributed by atoms with Gasteiger partial charge in [-0.3, -0.25) is 5.32 Å². The van der Waals surface area contributed by atoms with Gasteiger partial charge in [-0.2, -0.15) is 13.2 Å². The zero-order valence-electron chi connectivity index (χ0n) is 13.7. The molecule has 0 atom stereocenters. The van der Waals surface area contributed by atoms with Crippen LogP contribution in [0.25, 0.3) is 0 Å². The normalized spacial score (nSPS) is 15.0. The summed E-state index contributed by atoms with van der Waals surface area (Å²) >= 11 is 0. The number of halogens is 3. The van der Waals surface area contributed by atoms with Crippen molar-refractivity contribution >= 4 is 17.5 Å². The Labute approximate surface area is 147 Å². The number of aromatic nitrogens is 1. The number of carbonyl (C=O) groups excluding carboxylic acids is 1. The monoisotopic (exact) mass is 366 g/mol. The number of hydrogen-bond donors (Lipinski definition) is 2. The predicted molar refractivity (Wildman–Crippen MR) is 90.2 cm³/mol. The van der Waals surface area contributed by atoms with Crippen LogP contribution in [0.15, 0.2) is 42.6 Å². The van der Waals surface area contributed by atoms with Crippen LogP contribution in [-0.4, -0.2) is 47.2 Å². The number of aromatic hydroxyl groups is 1. The van der Waals surface area contributed by atoms with E-state index in [2.05, 4.69) is 10.3 Å². The minimum Gasteiger partial charge on any atom is -0.506 e. The molecule has 0 aliphatic carbocycles. The molecule has 3 rings (SSSR count). The molecule has 1 fully saturated rings. The molecule has 1 aromatic carbocycles. The highest BCUT2D eigenvalue weighted by Crippen LogP contribution is 2.30. The molecular formula is C17H17F3N4O2. The molecule has 2 amide bonds. The second-order valence-corrected chi connectivity index (χ2v) is 5.85. The Morgan fingerprint density at radius 3 is 2.23 bits per heavy atom. The van der Waals surface area contributed by atoms with E-state index in [-0.39, 0.29) is 11.8 Å². The number of rotatable bonds is 2. The Morgan fingerprint density at radius 1 is 1.04 bits per heavy atom. The number of urea groups is 1. The number of pyridine rings is 1. The Balaban J connectivity index is 1.55. The minimum atomic E-state index is -4.35. The summed E-state index contributed by atoms with van der Waals surface area (Å²) in [6, 6.07) is 7.61. The van der Waals surface area contributed by atoms with Crippen molar-refractivity contribution in [2.75, 3.05) is 36.4 Å². The van der Waals surface area contributed by atoms with E-state index in [0.717, 1.165) is 12.1 Å². The van der Waals surface area contributed by atoms with E-state index in [9.17, 15) is 23.1 Å². The molecule has 2 aromatic rings. The van der Waals surface area contributed by atoms with E-state index < -0.39 is 11.7 Å². The largest absolute Gasteiger partial charge is 0.506 e. The van der Waals surface area contributed by atoms with Crippen LogP contribution in [-0.2, 0) is 6.18 Å². The summed E-state index contributed by atoms with van der Waals surface area (Å²) < 4.78 is 37.9. The molecular weight excluding hydrogens is 349 g/mol. The van der Waals surface area contributed by atoms with Gasteiger partial charge >= 0.3 is 12.2 Å². The topological polar surface area (TPSA) is 68.7 Å². The van der Waals surface area contributed by atoms with Crippen LogP contribution in [0, 0.1) is 0 Å². The lowest BCUT2D eigenvalue weighted by molar-refractivity contribution is -0.137. The first-order valence-electron chi connectivity index (χ1n) is 7.96. The number of benzene rings is 1. The van der Waals surface area contributed by atoms with Crippen LogP contribution in [0.5, 0.6) is 5.75 Å². The number of alkyl halides is 3. The van der Waals surface area contributed by atoms with Crippen molar-refractivity contribution in [3.63, 3.8) is 0 Å². The van der Waals surface area contributed by atoms with Crippen molar-refractivity contribution in [3.05, 3.63) is 48.2 Å². The molecule has 2 heterocycles. The highest BCUT2D eigenvalue weighted by molar-refractivity contribution is 5.88. The molecule has 2 N–H and O–H groups in total. The maximum absolute atomic E-state index is 12.6. The lowest BCUT2D eigenvalue weighted by Crippen LogP contribution is -2.50. The lowest BCUT2D eigenvalue weighted by Gasteiger charge is -2.36.